The number of hydrogen-bond donors (Lipinski definition) is 4. The number of para-hydroxylation sites is 1. The van der Waals surface area contributed by atoms with Crippen molar-refractivity contribution in [2.45, 2.75) is 0 Å². The van der Waals surface area contributed by atoms with Gasteiger partial charge in [-0.25, -0.2) is 0 Å². The van der Waals surface area contributed by atoms with Crippen LogP contribution in [0.15, 0.2) is 109 Å². The molecule has 0 aromatic heterocycles. The fraction of sp³-hybridized carbons (Fsp3) is 0. The van der Waals surface area contributed by atoms with Gasteiger partial charge < -0.3 is 10.6 Å². The summed E-state index contributed by atoms with van der Waals surface area (Å²) < 4.78 is 71.1. The van der Waals surface area contributed by atoms with E-state index in [2.05, 4.69) is 10.6 Å². The van der Waals surface area contributed by atoms with Gasteiger partial charge in [-0.2, -0.15) is 16.8 Å². The predicted octanol–water partition coefficient (Wildman–Crippen LogP) is 4.79. The zero-order valence-corrected chi connectivity index (χ0v) is 22.2. The molecule has 10 nitrogen and oxygen atoms in total. The third-order valence-corrected chi connectivity index (χ3v) is 7.65. The van der Waals surface area contributed by atoms with Gasteiger partial charge in [-0.1, -0.05) is 78.9 Å². The third-order valence-electron chi connectivity index (χ3n) is 5.63. The van der Waals surface area contributed by atoms with Gasteiger partial charge in [-0.3, -0.25) is 18.7 Å². The van der Waals surface area contributed by atoms with Gasteiger partial charge in [-0.05, 0) is 35.9 Å². The van der Waals surface area contributed by atoms with Gasteiger partial charge in [0.2, 0.25) is 0 Å². The average Bonchev–Trinajstić information content (AvgIpc) is 2.93. The van der Waals surface area contributed by atoms with Crippen LogP contribution in [0.25, 0.3) is 9.81 Å². The van der Waals surface area contributed by atoms with Crippen molar-refractivity contribution in [1.82, 2.24) is 0 Å². The number of carbonyl (C=O) groups excluding carboxylic acids is 2. The van der Waals surface area contributed by atoms with Crippen molar-refractivity contribution in [2.75, 3.05) is 10.6 Å². The lowest BCUT2D eigenvalue weighted by Gasteiger charge is -2.19. The van der Waals surface area contributed by atoms with Crippen LogP contribution >= 0.6 is 0 Å². The summed E-state index contributed by atoms with van der Waals surface area (Å²) in [7, 11) is -10.7. The summed E-state index contributed by atoms with van der Waals surface area (Å²) in [6.45, 7) is 0. The second-order valence-electron chi connectivity index (χ2n) is 8.34. The molecule has 0 fully saturated rings. The summed E-state index contributed by atoms with van der Waals surface area (Å²) in [5, 5.41) is 5.11. The summed E-state index contributed by atoms with van der Waals surface area (Å²) in [5.74, 6) is -1.35. The van der Waals surface area contributed by atoms with Crippen LogP contribution in [0.2, 0.25) is 0 Å². The molecule has 4 rings (SSSR count). The number of hydrogen-bond acceptors (Lipinski definition) is 6. The van der Waals surface area contributed by atoms with Crippen LogP contribution in [-0.4, -0.2) is 37.8 Å². The number of nitrogens with one attached hydrogen (secondary N) is 2. The Kier molecular flexibility index (Phi) is 8.26. The van der Waals surface area contributed by atoms with E-state index in [9.17, 15) is 35.5 Å². The lowest BCUT2D eigenvalue weighted by Crippen LogP contribution is -2.19. The highest BCUT2D eigenvalue weighted by Crippen LogP contribution is 2.40. The van der Waals surface area contributed by atoms with Crippen LogP contribution in [-0.2, 0) is 20.2 Å². The molecule has 4 N–H and O–H groups in total. The maximum atomic E-state index is 13.2. The Hall–Kier alpha value is -4.62. The van der Waals surface area contributed by atoms with Crippen LogP contribution in [0.3, 0.4) is 0 Å². The first-order valence-corrected chi connectivity index (χ1v) is 14.5. The van der Waals surface area contributed by atoms with Gasteiger partial charge in [0, 0.05) is 16.7 Å². The van der Waals surface area contributed by atoms with Crippen molar-refractivity contribution >= 4 is 53.2 Å². The quantitative estimate of drug-likeness (QED) is 0.171. The van der Waals surface area contributed by atoms with E-state index in [1.54, 1.807) is 36.4 Å². The Morgan fingerprint density at radius 2 is 0.925 bits per heavy atom. The Bertz CT molecular complexity index is 1810. The molecule has 0 atom stereocenters. The molecule has 0 aliphatic carbocycles. The van der Waals surface area contributed by atoms with Crippen molar-refractivity contribution in [3.8, 4) is 0 Å². The molecule has 0 unspecified atom stereocenters. The molecular weight excluding hydrogens is 556 g/mol. The molecule has 12 heteroatoms. The van der Waals surface area contributed by atoms with E-state index in [-0.39, 0.29) is 28.1 Å². The van der Waals surface area contributed by atoms with Crippen molar-refractivity contribution in [3.63, 3.8) is 0 Å². The van der Waals surface area contributed by atoms with Crippen LogP contribution in [0.5, 0.6) is 0 Å². The number of benzene rings is 4. The van der Waals surface area contributed by atoms with Crippen LogP contribution in [0, 0.1) is 0 Å². The third kappa shape index (κ3) is 6.50. The lowest BCUT2D eigenvalue weighted by atomic mass is 10.1. The molecule has 0 heterocycles. The van der Waals surface area contributed by atoms with E-state index in [0.717, 1.165) is 6.07 Å². The first-order chi connectivity index (χ1) is 19.0. The normalized spacial score (nSPS) is 12.2. The largest absolute Gasteiger partial charge is 0.320 e. The maximum absolute atomic E-state index is 13.2. The van der Waals surface area contributed by atoms with Gasteiger partial charge >= 0.3 is 0 Å². The first-order valence-electron chi connectivity index (χ1n) is 11.6. The highest BCUT2D eigenvalue weighted by Gasteiger charge is 2.33. The summed E-state index contributed by atoms with van der Waals surface area (Å²) in [4.78, 5) is 23.8. The molecule has 0 spiro atoms. The molecule has 0 saturated heterocycles. The highest BCUT2D eigenvalue weighted by molar-refractivity contribution is 8.01. The Morgan fingerprint density at radius 3 is 1.38 bits per heavy atom. The zero-order valence-electron chi connectivity index (χ0n) is 20.6. The summed E-state index contributed by atoms with van der Waals surface area (Å²) in [5.41, 5.74) is -0.814. The number of rotatable bonds is 8. The van der Waals surface area contributed by atoms with E-state index in [4.69, 9.17) is 0 Å². The molecule has 0 aliphatic rings. The first kappa shape index (κ1) is 28.4. The van der Waals surface area contributed by atoms with E-state index in [1.165, 1.54) is 66.7 Å². The van der Waals surface area contributed by atoms with Gasteiger partial charge in [0.1, 0.15) is 9.81 Å². The van der Waals surface area contributed by atoms with Gasteiger partial charge in [0.15, 0.2) is 0 Å². The van der Waals surface area contributed by atoms with Crippen molar-refractivity contribution in [3.05, 3.63) is 131 Å². The SMILES string of the molecule is O=C(Nc1cccc(C(=C(c2ccccc2)S(=O)(=O)O)S(=O)(=O)O)c1NC(=O)c1ccccc1)c1ccccc1. The Balaban J connectivity index is 2.02. The molecule has 0 bridgehead atoms. The number of carbonyl (C=O) groups is 2. The molecule has 0 saturated carbocycles. The van der Waals surface area contributed by atoms with Gasteiger partial charge in [0.05, 0.1) is 11.4 Å². The molecule has 40 heavy (non-hydrogen) atoms. The maximum Gasteiger partial charge on any atom is 0.296 e. The number of amides is 2. The fourth-order valence-corrected chi connectivity index (χ4v) is 6.11. The summed E-state index contributed by atoms with van der Waals surface area (Å²) >= 11 is 0. The van der Waals surface area contributed by atoms with Crippen LogP contribution in [0.1, 0.15) is 31.8 Å². The van der Waals surface area contributed by atoms with Crippen molar-refractivity contribution in [1.29, 1.82) is 0 Å². The zero-order chi connectivity index (χ0) is 28.9. The van der Waals surface area contributed by atoms with Crippen LogP contribution in [0.4, 0.5) is 11.4 Å². The van der Waals surface area contributed by atoms with Gasteiger partial charge in [0.25, 0.3) is 32.1 Å². The van der Waals surface area contributed by atoms with Crippen molar-refractivity contribution < 1.29 is 35.5 Å². The number of anilines is 2. The van der Waals surface area contributed by atoms with Gasteiger partial charge in [-0.15, -0.1) is 0 Å². The second-order valence-corrected chi connectivity index (χ2v) is 11.1. The molecule has 204 valence electrons. The van der Waals surface area contributed by atoms with E-state index in [1.807, 2.05) is 0 Å². The smallest absolute Gasteiger partial charge is 0.296 e. The monoisotopic (exact) mass is 578 g/mol. The standard InChI is InChI=1S/C28H22N2O8S2/c31-27(20-13-6-2-7-14-20)29-23-18-10-17-22(24(23)30-28(32)21-15-8-3-9-16-21)26(40(36,37)38)25(39(33,34)35)19-11-4-1-5-12-19/h1-18H,(H,29,31)(H,30,32)(H,33,34,35)(H,36,37,38). The van der Waals surface area contributed by atoms with Crippen molar-refractivity contribution in [2.24, 2.45) is 0 Å². The fourth-order valence-electron chi connectivity index (χ4n) is 3.90. The average molecular weight is 579 g/mol. The lowest BCUT2D eigenvalue weighted by molar-refractivity contribution is 0.101. The Morgan fingerprint density at radius 1 is 0.500 bits per heavy atom. The highest BCUT2D eigenvalue weighted by atomic mass is 32.2. The topological polar surface area (TPSA) is 167 Å². The molecule has 2 amide bonds. The second kappa shape index (κ2) is 11.6. The molecular formula is C28H22N2O8S2. The molecule has 4 aromatic rings. The van der Waals surface area contributed by atoms with E-state index < -0.39 is 47.4 Å². The Labute approximate surface area is 230 Å². The molecule has 0 aliphatic heterocycles. The minimum atomic E-state index is -5.39. The summed E-state index contributed by atoms with van der Waals surface area (Å²) in [6.07, 6.45) is 0. The minimum absolute atomic E-state index is 0.112. The minimum Gasteiger partial charge on any atom is -0.320 e. The molecule has 0 radical (unpaired) electrons. The van der Waals surface area contributed by atoms with E-state index >= 15 is 0 Å². The summed E-state index contributed by atoms with van der Waals surface area (Å²) in [6, 6.07) is 26.3. The molecule has 4 aromatic carbocycles. The van der Waals surface area contributed by atoms with Crippen LogP contribution < -0.4 is 10.6 Å². The predicted molar refractivity (Wildman–Crippen MR) is 152 cm³/mol. The van der Waals surface area contributed by atoms with E-state index in [0.29, 0.717) is 0 Å².